The van der Waals surface area contributed by atoms with Gasteiger partial charge in [0.1, 0.15) is 11.0 Å². The highest BCUT2D eigenvalue weighted by Gasteiger charge is 2.35. The van der Waals surface area contributed by atoms with Crippen molar-refractivity contribution in [2.45, 2.75) is 18.9 Å². The maximum atomic E-state index is 13.2. The molecule has 0 unspecified atom stereocenters. The molecule has 3 aromatic carbocycles. The molecule has 0 aliphatic carbocycles. The predicted molar refractivity (Wildman–Crippen MR) is 138 cm³/mol. The fourth-order valence-electron chi connectivity index (χ4n) is 4.06. The SMILES string of the molecule is O=C(Nc1nnc(-c2ccc(Br)cc2)s1)[C@H]1CCCN1C(=O)c1ccc(-c2ccccc2)cc1. The molecular weight excluding hydrogens is 512 g/mol. The highest BCUT2D eigenvalue weighted by Crippen LogP contribution is 2.29. The maximum absolute atomic E-state index is 13.2. The van der Waals surface area contributed by atoms with Crippen molar-refractivity contribution < 1.29 is 9.59 Å². The van der Waals surface area contributed by atoms with Gasteiger partial charge >= 0.3 is 0 Å². The van der Waals surface area contributed by atoms with Gasteiger partial charge in [0, 0.05) is 22.1 Å². The Kier molecular flexibility index (Phi) is 6.51. The lowest BCUT2D eigenvalue weighted by atomic mass is 10.0. The number of carbonyl (C=O) groups is 2. The van der Waals surface area contributed by atoms with E-state index in [1.165, 1.54) is 11.3 Å². The van der Waals surface area contributed by atoms with Crippen molar-refractivity contribution in [1.29, 1.82) is 0 Å². The van der Waals surface area contributed by atoms with Gasteiger partial charge in [0.2, 0.25) is 11.0 Å². The van der Waals surface area contributed by atoms with Crippen LogP contribution in [0.2, 0.25) is 0 Å². The van der Waals surface area contributed by atoms with Crippen LogP contribution < -0.4 is 5.32 Å². The first-order valence-electron chi connectivity index (χ1n) is 11.0. The zero-order valence-corrected chi connectivity index (χ0v) is 20.6. The second-order valence-corrected chi connectivity index (χ2v) is 9.90. The Morgan fingerprint density at radius 2 is 1.56 bits per heavy atom. The molecule has 5 rings (SSSR count). The Morgan fingerprint density at radius 3 is 2.29 bits per heavy atom. The molecule has 2 heterocycles. The average Bonchev–Trinajstić information content (AvgIpc) is 3.55. The van der Waals surface area contributed by atoms with Gasteiger partial charge in [-0.25, -0.2) is 0 Å². The van der Waals surface area contributed by atoms with Crippen LogP contribution in [0, 0.1) is 0 Å². The van der Waals surface area contributed by atoms with E-state index in [0.29, 0.717) is 23.7 Å². The summed E-state index contributed by atoms with van der Waals surface area (Å²) in [6, 6.07) is 24.8. The number of rotatable bonds is 5. The molecule has 34 heavy (non-hydrogen) atoms. The molecule has 8 heteroatoms. The summed E-state index contributed by atoms with van der Waals surface area (Å²) >= 11 is 4.73. The maximum Gasteiger partial charge on any atom is 0.254 e. The summed E-state index contributed by atoms with van der Waals surface area (Å²) in [6.07, 6.45) is 1.41. The molecule has 0 bridgehead atoms. The van der Waals surface area contributed by atoms with E-state index in [9.17, 15) is 9.59 Å². The van der Waals surface area contributed by atoms with Crippen molar-refractivity contribution in [2.24, 2.45) is 0 Å². The number of nitrogens with one attached hydrogen (secondary N) is 1. The van der Waals surface area contributed by atoms with Gasteiger partial charge in [-0.3, -0.25) is 14.9 Å². The number of amides is 2. The van der Waals surface area contributed by atoms with E-state index in [4.69, 9.17) is 0 Å². The Bertz CT molecular complexity index is 1310. The lowest BCUT2D eigenvalue weighted by molar-refractivity contribution is -0.119. The van der Waals surface area contributed by atoms with Gasteiger partial charge in [-0.1, -0.05) is 81.9 Å². The minimum atomic E-state index is -0.527. The first kappa shape index (κ1) is 22.4. The molecule has 170 valence electrons. The number of aromatic nitrogens is 2. The predicted octanol–water partition coefficient (Wildman–Crippen LogP) is 5.88. The van der Waals surface area contributed by atoms with Crippen LogP contribution in [0.3, 0.4) is 0 Å². The third-order valence-corrected chi connectivity index (χ3v) is 7.22. The van der Waals surface area contributed by atoms with Crippen LogP contribution in [-0.4, -0.2) is 39.5 Å². The topological polar surface area (TPSA) is 75.2 Å². The third-order valence-electron chi connectivity index (χ3n) is 5.80. The van der Waals surface area contributed by atoms with Crippen LogP contribution in [0.25, 0.3) is 21.7 Å². The monoisotopic (exact) mass is 532 g/mol. The highest BCUT2D eigenvalue weighted by molar-refractivity contribution is 9.10. The van der Waals surface area contributed by atoms with E-state index < -0.39 is 6.04 Å². The number of nitrogens with zero attached hydrogens (tertiary/aromatic N) is 3. The summed E-state index contributed by atoms with van der Waals surface area (Å²) in [7, 11) is 0. The van der Waals surface area contributed by atoms with Crippen LogP contribution in [0.15, 0.2) is 83.3 Å². The lowest BCUT2D eigenvalue weighted by Crippen LogP contribution is -2.43. The number of hydrogen-bond donors (Lipinski definition) is 1. The second-order valence-electron chi connectivity index (χ2n) is 8.01. The van der Waals surface area contributed by atoms with E-state index in [1.807, 2.05) is 78.9 Å². The molecule has 0 radical (unpaired) electrons. The summed E-state index contributed by atoms with van der Waals surface area (Å²) in [5, 5.41) is 12.3. The van der Waals surface area contributed by atoms with Crippen molar-refractivity contribution in [3.8, 4) is 21.7 Å². The fourth-order valence-corrected chi connectivity index (χ4v) is 5.07. The van der Waals surface area contributed by atoms with Gasteiger partial charge < -0.3 is 4.90 Å². The van der Waals surface area contributed by atoms with E-state index in [-0.39, 0.29) is 11.8 Å². The van der Waals surface area contributed by atoms with Crippen LogP contribution in [-0.2, 0) is 4.79 Å². The number of hydrogen-bond acceptors (Lipinski definition) is 5. The number of likely N-dealkylation sites (tertiary alicyclic amines) is 1. The third kappa shape index (κ3) is 4.78. The molecule has 2 amide bonds. The van der Waals surface area contributed by atoms with Crippen LogP contribution in [0.5, 0.6) is 0 Å². The molecular formula is C26H21BrN4O2S. The minimum Gasteiger partial charge on any atom is -0.327 e. The molecule has 1 N–H and O–H groups in total. The Morgan fingerprint density at radius 1 is 0.882 bits per heavy atom. The molecule has 1 atom stereocenters. The molecule has 6 nitrogen and oxygen atoms in total. The van der Waals surface area contributed by atoms with E-state index in [2.05, 4.69) is 31.4 Å². The lowest BCUT2D eigenvalue weighted by Gasteiger charge is -2.23. The number of anilines is 1. The molecule has 1 aliphatic rings. The van der Waals surface area contributed by atoms with Crippen molar-refractivity contribution in [3.05, 3.63) is 88.9 Å². The van der Waals surface area contributed by atoms with Crippen LogP contribution in [0.4, 0.5) is 5.13 Å². The van der Waals surface area contributed by atoms with Crippen molar-refractivity contribution in [3.63, 3.8) is 0 Å². The summed E-state index contributed by atoms with van der Waals surface area (Å²) < 4.78 is 0.981. The first-order valence-corrected chi connectivity index (χ1v) is 12.6. The Hall–Kier alpha value is -3.36. The molecule has 4 aromatic rings. The Labute approximate surface area is 209 Å². The number of halogens is 1. The molecule has 0 saturated carbocycles. The molecule has 1 aliphatic heterocycles. The van der Waals surface area contributed by atoms with Crippen molar-refractivity contribution >= 4 is 44.2 Å². The molecule has 0 spiro atoms. The standard InChI is InChI=1S/C26H21BrN4O2S/c27-21-14-12-19(13-15-21)24-29-30-26(34-24)28-23(32)22-7-4-16-31(22)25(33)20-10-8-18(9-11-20)17-5-2-1-3-6-17/h1-3,5-6,8-15,22H,4,7,16H2,(H,28,30,32)/t22-/m1/s1. The normalized spacial score (nSPS) is 15.3. The van der Waals surface area contributed by atoms with Gasteiger partial charge in [0.25, 0.3) is 5.91 Å². The fraction of sp³-hybridized carbons (Fsp3) is 0.154. The average molecular weight is 533 g/mol. The second kappa shape index (κ2) is 9.87. The van der Waals surface area contributed by atoms with Crippen LogP contribution in [0.1, 0.15) is 23.2 Å². The molecule has 1 fully saturated rings. The number of benzene rings is 3. The highest BCUT2D eigenvalue weighted by atomic mass is 79.9. The van der Waals surface area contributed by atoms with Crippen LogP contribution >= 0.6 is 27.3 Å². The first-order chi connectivity index (χ1) is 16.6. The zero-order valence-electron chi connectivity index (χ0n) is 18.1. The largest absolute Gasteiger partial charge is 0.327 e. The van der Waals surface area contributed by atoms with Crippen molar-refractivity contribution in [2.75, 3.05) is 11.9 Å². The van der Waals surface area contributed by atoms with Crippen molar-refractivity contribution in [1.82, 2.24) is 15.1 Å². The minimum absolute atomic E-state index is 0.134. The zero-order chi connectivity index (χ0) is 23.5. The van der Waals surface area contributed by atoms with E-state index >= 15 is 0 Å². The van der Waals surface area contributed by atoms with Gasteiger partial charge in [-0.15, -0.1) is 10.2 Å². The van der Waals surface area contributed by atoms with Gasteiger partial charge in [-0.2, -0.15) is 0 Å². The summed E-state index contributed by atoms with van der Waals surface area (Å²) in [5.41, 5.74) is 3.65. The summed E-state index contributed by atoms with van der Waals surface area (Å²) in [6.45, 7) is 0.553. The van der Waals surface area contributed by atoms with Gasteiger partial charge in [-0.05, 0) is 48.2 Å². The molecule has 1 aromatic heterocycles. The smallest absolute Gasteiger partial charge is 0.254 e. The summed E-state index contributed by atoms with van der Waals surface area (Å²) in [5.74, 6) is -0.365. The Balaban J connectivity index is 1.27. The van der Waals surface area contributed by atoms with E-state index in [0.717, 1.165) is 32.6 Å². The van der Waals surface area contributed by atoms with E-state index in [1.54, 1.807) is 4.90 Å². The van der Waals surface area contributed by atoms with Gasteiger partial charge in [0.15, 0.2) is 0 Å². The quantitative estimate of drug-likeness (QED) is 0.348. The summed E-state index contributed by atoms with van der Waals surface area (Å²) in [4.78, 5) is 27.9. The van der Waals surface area contributed by atoms with Gasteiger partial charge in [0.05, 0.1) is 0 Å². The number of carbonyl (C=O) groups excluding carboxylic acids is 2. The molecule has 1 saturated heterocycles.